The maximum Gasteiger partial charge on any atom is 0.276 e. The lowest BCUT2D eigenvalue weighted by molar-refractivity contribution is 0.102. The van der Waals surface area contributed by atoms with Crippen molar-refractivity contribution in [2.45, 2.75) is 20.0 Å². The van der Waals surface area contributed by atoms with Gasteiger partial charge in [0.2, 0.25) is 0 Å². The summed E-state index contributed by atoms with van der Waals surface area (Å²) in [6.07, 6.45) is 0. The number of β-amino-alcohol motifs (C(OH)–C–C–N with tert-alkyl or cyclic N) is 1. The van der Waals surface area contributed by atoms with Crippen LogP contribution in [0.15, 0.2) is 42.5 Å². The zero-order valence-electron chi connectivity index (χ0n) is 19.0. The molecule has 0 atom stereocenters. The van der Waals surface area contributed by atoms with Crippen LogP contribution >= 0.6 is 0 Å². The maximum atomic E-state index is 13.1. The summed E-state index contributed by atoms with van der Waals surface area (Å²) in [5.74, 6) is 7.26. The predicted octanol–water partition coefficient (Wildman–Crippen LogP) is 2.75. The fourth-order valence-electron chi connectivity index (χ4n) is 4.32. The van der Waals surface area contributed by atoms with Gasteiger partial charge in [-0.15, -0.1) is 5.92 Å². The molecule has 2 aliphatic heterocycles. The topological polar surface area (TPSA) is 88.9 Å². The van der Waals surface area contributed by atoms with E-state index in [1.54, 1.807) is 6.92 Å². The first-order valence-electron chi connectivity index (χ1n) is 11.3. The molecule has 3 heterocycles. The standard InChI is InChI=1S/C26H26N4O4/c1-2-4-21-20(18-7-8-24-25(15-18)34-14-13-33-24)5-3-6-22(21)27-26(32)23-16-19-17-29(11-12-31)9-10-30(19)28-23/h3,5-8,15-16,31H,9-14,17H2,1H3,(H,27,32). The molecule has 2 N–H and O–H groups in total. The highest BCUT2D eigenvalue weighted by molar-refractivity contribution is 6.04. The van der Waals surface area contributed by atoms with Gasteiger partial charge in [0.25, 0.3) is 5.91 Å². The van der Waals surface area contributed by atoms with Gasteiger partial charge in [0.1, 0.15) is 13.2 Å². The number of aliphatic hydroxyl groups is 1. The van der Waals surface area contributed by atoms with Crippen LogP contribution in [0.4, 0.5) is 5.69 Å². The minimum atomic E-state index is -0.283. The number of carbonyl (C=O) groups is 1. The van der Waals surface area contributed by atoms with Gasteiger partial charge in [0.15, 0.2) is 17.2 Å². The quantitative estimate of drug-likeness (QED) is 0.572. The Morgan fingerprint density at radius 1 is 1.15 bits per heavy atom. The number of hydrogen-bond acceptors (Lipinski definition) is 6. The number of ether oxygens (including phenoxy) is 2. The molecule has 0 fully saturated rings. The highest BCUT2D eigenvalue weighted by Gasteiger charge is 2.22. The fraction of sp³-hybridized carbons (Fsp3) is 0.308. The van der Waals surface area contributed by atoms with Crippen LogP contribution in [0.25, 0.3) is 11.1 Å². The molecular weight excluding hydrogens is 432 g/mol. The van der Waals surface area contributed by atoms with E-state index in [0.29, 0.717) is 50.0 Å². The van der Waals surface area contributed by atoms with Gasteiger partial charge < -0.3 is 19.9 Å². The molecule has 34 heavy (non-hydrogen) atoms. The molecule has 8 nitrogen and oxygen atoms in total. The number of nitrogens with one attached hydrogen (secondary N) is 1. The Hall–Kier alpha value is -3.80. The summed E-state index contributed by atoms with van der Waals surface area (Å²) in [6.45, 7) is 5.69. The number of nitrogens with zero attached hydrogens (tertiary/aromatic N) is 3. The van der Waals surface area contributed by atoms with Crippen molar-refractivity contribution in [3.63, 3.8) is 0 Å². The zero-order valence-corrected chi connectivity index (χ0v) is 19.0. The first kappa shape index (κ1) is 22.0. The molecule has 1 aromatic heterocycles. The highest BCUT2D eigenvalue weighted by Crippen LogP contribution is 2.37. The number of aromatic nitrogens is 2. The monoisotopic (exact) mass is 458 g/mol. The maximum absolute atomic E-state index is 13.1. The van der Waals surface area contributed by atoms with E-state index < -0.39 is 0 Å². The third kappa shape index (κ3) is 4.36. The van der Waals surface area contributed by atoms with Crippen LogP contribution in [0.2, 0.25) is 0 Å². The fourth-order valence-corrected chi connectivity index (χ4v) is 4.32. The van der Waals surface area contributed by atoms with E-state index in [1.807, 2.05) is 47.1 Å². The van der Waals surface area contributed by atoms with Crippen molar-refractivity contribution in [2.24, 2.45) is 0 Å². The number of aliphatic hydroxyl groups excluding tert-OH is 1. The van der Waals surface area contributed by atoms with E-state index in [-0.39, 0.29) is 12.5 Å². The Labute approximate surface area is 198 Å². The van der Waals surface area contributed by atoms with Gasteiger partial charge in [-0.25, -0.2) is 0 Å². The summed E-state index contributed by atoms with van der Waals surface area (Å²) < 4.78 is 13.2. The number of hydrogen-bond donors (Lipinski definition) is 2. The van der Waals surface area contributed by atoms with Crippen molar-refractivity contribution in [3.05, 3.63) is 59.4 Å². The van der Waals surface area contributed by atoms with Crippen LogP contribution in [0.5, 0.6) is 11.5 Å². The number of amides is 1. The average Bonchev–Trinajstić information content (AvgIpc) is 3.29. The van der Waals surface area contributed by atoms with Gasteiger partial charge in [0, 0.05) is 19.6 Å². The molecule has 0 saturated heterocycles. The third-order valence-corrected chi connectivity index (χ3v) is 5.94. The van der Waals surface area contributed by atoms with Gasteiger partial charge in [0.05, 0.1) is 30.1 Å². The van der Waals surface area contributed by atoms with Crippen molar-refractivity contribution in [3.8, 4) is 34.5 Å². The molecule has 5 rings (SSSR count). The van der Waals surface area contributed by atoms with Crippen LogP contribution in [-0.2, 0) is 13.1 Å². The molecule has 8 heteroatoms. The van der Waals surface area contributed by atoms with E-state index in [2.05, 4.69) is 27.2 Å². The van der Waals surface area contributed by atoms with Crippen LogP contribution in [0, 0.1) is 11.8 Å². The summed E-state index contributed by atoms with van der Waals surface area (Å²) in [6, 6.07) is 13.3. The Morgan fingerprint density at radius 3 is 2.82 bits per heavy atom. The number of anilines is 1. The minimum Gasteiger partial charge on any atom is -0.486 e. The first-order valence-corrected chi connectivity index (χ1v) is 11.3. The molecule has 1 amide bonds. The van der Waals surface area contributed by atoms with E-state index in [4.69, 9.17) is 9.47 Å². The Bertz CT molecular complexity index is 1290. The van der Waals surface area contributed by atoms with Crippen molar-refractivity contribution >= 4 is 11.6 Å². The molecule has 2 aromatic carbocycles. The Morgan fingerprint density at radius 2 is 2.00 bits per heavy atom. The summed E-state index contributed by atoms with van der Waals surface area (Å²) in [7, 11) is 0. The van der Waals surface area contributed by atoms with Gasteiger partial charge in [-0.1, -0.05) is 24.1 Å². The van der Waals surface area contributed by atoms with E-state index in [1.165, 1.54) is 0 Å². The highest BCUT2D eigenvalue weighted by atomic mass is 16.6. The number of rotatable bonds is 5. The SMILES string of the molecule is CC#Cc1c(NC(=O)c2cc3n(n2)CCN(CCO)C3)cccc1-c1ccc2c(c1)OCCO2. The van der Waals surface area contributed by atoms with Gasteiger partial charge in [-0.2, -0.15) is 5.10 Å². The normalized spacial score (nSPS) is 14.6. The number of fused-ring (bicyclic) bond motifs is 2. The van der Waals surface area contributed by atoms with E-state index in [9.17, 15) is 9.90 Å². The summed E-state index contributed by atoms with van der Waals surface area (Å²) in [5, 5.41) is 16.7. The molecule has 2 aliphatic rings. The molecular formula is C26H26N4O4. The zero-order chi connectivity index (χ0) is 23.5. The lowest BCUT2D eigenvalue weighted by Gasteiger charge is -2.26. The second-order valence-electron chi connectivity index (χ2n) is 8.16. The van der Waals surface area contributed by atoms with Gasteiger partial charge >= 0.3 is 0 Å². The van der Waals surface area contributed by atoms with Crippen LogP contribution < -0.4 is 14.8 Å². The molecule has 0 unspecified atom stereocenters. The second kappa shape index (κ2) is 9.59. The summed E-state index contributed by atoms with van der Waals surface area (Å²) >= 11 is 0. The van der Waals surface area contributed by atoms with E-state index >= 15 is 0 Å². The molecule has 0 aliphatic carbocycles. The van der Waals surface area contributed by atoms with Crippen molar-refractivity contribution in [1.29, 1.82) is 0 Å². The van der Waals surface area contributed by atoms with Crippen molar-refractivity contribution in [2.75, 3.05) is 38.2 Å². The summed E-state index contributed by atoms with van der Waals surface area (Å²) in [4.78, 5) is 15.3. The lowest BCUT2D eigenvalue weighted by atomic mass is 9.97. The molecule has 0 bridgehead atoms. The van der Waals surface area contributed by atoms with Gasteiger partial charge in [-0.3, -0.25) is 14.4 Å². The molecule has 0 radical (unpaired) electrons. The molecule has 0 spiro atoms. The molecule has 0 saturated carbocycles. The summed E-state index contributed by atoms with van der Waals surface area (Å²) in [5.41, 5.74) is 4.50. The Kier molecular flexibility index (Phi) is 6.21. The van der Waals surface area contributed by atoms with Crippen LogP contribution in [0.1, 0.15) is 28.7 Å². The Balaban J connectivity index is 1.43. The first-order chi connectivity index (χ1) is 16.7. The number of carbonyl (C=O) groups excluding carboxylic acids is 1. The smallest absolute Gasteiger partial charge is 0.276 e. The average molecular weight is 459 g/mol. The molecule has 3 aromatic rings. The minimum absolute atomic E-state index is 0.114. The van der Waals surface area contributed by atoms with Crippen LogP contribution in [0.3, 0.4) is 0 Å². The van der Waals surface area contributed by atoms with E-state index in [0.717, 1.165) is 34.7 Å². The van der Waals surface area contributed by atoms with Crippen molar-refractivity contribution < 1.29 is 19.4 Å². The molecule has 174 valence electrons. The second-order valence-corrected chi connectivity index (χ2v) is 8.16. The van der Waals surface area contributed by atoms with Gasteiger partial charge in [-0.05, 0) is 42.3 Å². The predicted molar refractivity (Wildman–Crippen MR) is 128 cm³/mol. The van der Waals surface area contributed by atoms with Crippen LogP contribution in [-0.4, -0.2) is 58.6 Å². The largest absolute Gasteiger partial charge is 0.486 e. The number of benzene rings is 2. The third-order valence-electron chi connectivity index (χ3n) is 5.94. The lowest BCUT2D eigenvalue weighted by Crippen LogP contribution is -2.35. The van der Waals surface area contributed by atoms with Crippen molar-refractivity contribution in [1.82, 2.24) is 14.7 Å².